The topological polar surface area (TPSA) is 88.3 Å². The van der Waals surface area contributed by atoms with E-state index in [0.29, 0.717) is 10.7 Å². The van der Waals surface area contributed by atoms with Crippen molar-refractivity contribution in [3.63, 3.8) is 0 Å². The van der Waals surface area contributed by atoms with Crippen molar-refractivity contribution in [2.24, 2.45) is 0 Å². The van der Waals surface area contributed by atoms with E-state index in [9.17, 15) is 26.0 Å². The summed E-state index contributed by atoms with van der Waals surface area (Å²) < 4.78 is 84.9. The quantitative estimate of drug-likeness (QED) is 0.659. The Kier molecular flexibility index (Phi) is 4.31. The van der Waals surface area contributed by atoms with Crippen LogP contribution in [0.4, 0.5) is 23.5 Å². The molecule has 132 valence electrons. The monoisotopic (exact) mass is 368 g/mol. The molecule has 0 bridgehead atoms. The van der Waals surface area contributed by atoms with E-state index in [2.05, 4.69) is 10.1 Å². The van der Waals surface area contributed by atoms with Gasteiger partial charge in [-0.25, -0.2) is 4.39 Å². The predicted molar refractivity (Wildman–Crippen MR) is 75.2 cm³/mol. The summed E-state index contributed by atoms with van der Waals surface area (Å²) >= 11 is 0. The Hall–Kier alpha value is -2.21. The first-order chi connectivity index (χ1) is 10.8. The molecule has 0 aliphatic carbocycles. The summed E-state index contributed by atoms with van der Waals surface area (Å²) in [5, 5.41) is 3.21. The number of halogens is 4. The summed E-state index contributed by atoms with van der Waals surface area (Å²) in [5.41, 5.74) is -0.707. The van der Waals surface area contributed by atoms with Gasteiger partial charge in [0, 0.05) is 14.1 Å². The average Bonchev–Trinajstić information content (AvgIpc) is 2.81. The van der Waals surface area contributed by atoms with Gasteiger partial charge < -0.3 is 4.90 Å². The fraction of sp³-hybridized carbons (Fsp3) is 0.333. The van der Waals surface area contributed by atoms with Crippen molar-refractivity contribution in [1.29, 1.82) is 0 Å². The normalized spacial score (nSPS) is 12.5. The van der Waals surface area contributed by atoms with E-state index in [0.717, 1.165) is 11.0 Å². The van der Waals surface area contributed by atoms with Gasteiger partial charge in [0.15, 0.2) is 0 Å². The second kappa shape index (κ2) is 5.70. The molecule has 7 nitrogen and oxygen atoms in total. The van der Waals surface area contributed by atoms with Gasteiger partial charge in [-0.15, -0.1) is 5.10 Å². The first-order valence-corrected chi connectivity index (χ1v) is 7.76. The van der Waals surface area contributed by atoms with Gasteiger partial charge in [0.1, 0.15) is 11.5 Å². The molecule has 0 saturated carbocycles. The van der Waals surface area contributed by atoms with Crippen LogP contribution in [0, 0.1) is 12.7 Å². The Bertz CT molecular complexity index is 890. The van der Waals surface area contributed by atoms with E-state index in [1.165, 1.54) is 21.0 Å². The largest absolute Gasteiger partial charge is 0.453 e. The third-order valence-corrected chi connectivity index (χ3v) is 3.99. The summed E-state index contributed by atoms with van der Waals surface area (Å²) in [5.74, 6) is -2.91. The molecule has 12 heteroatoms. The third-order valence-electron chi connectivity index (χ3n) is 2.99. The number of hydrogen-bond acceptors (Lipinski definition) is 5. The zero-order valence-electron chi connectivity index (χ0n) is 12.6. The van der Waals surface area contributed by atoms with Crippen LogP contribution in [-0.2, 0) is 16.3 Å². The molecule has 1 N–H and O–H groups in total. The summed E-state index contributed by atoms with van der Waals surface area (Å²) in [6.07, 6.45) is -4.87. The lowest BCUT2D eigenvalue weighted by Gasteiger charge is -2.14. The van der Waals surface area contributed by atoms with E-state index in [4.69, 9.17) is 4.55 Å². The molecule has 2 aromatic rings. The summed E-state index contributed by atoms with van der Waals surface area (Å²) in [6, 6.07) is 1.47. The highest BCUT2D eigenvalue weighted by Gasteiger charge is 2.38. The van der Waals surface area contributed by atoms with Crippen molar-refractivity contribution in [3.05, 3.63) is 29.3 Å². The van der Waals surface area contributed by atoms with Crippen molar-refractivity contribution < 1.29 is 30.5 Å². The second-order valence-electron chi connectivity index (χ2n) is 5.08. The van der Waals surface area contributed by atoms with Crippen LogP contribution in [0.1, 0.15) is 11.4 Å². The van der Waals surface area contributed by atoms with Crippen LogP contribution < -0.4 is 4.90 Å². The molecule has 0 unspecified atom stereocenters. The Morgan fingerprint density at radius 2 is 1.83 bits per heavy atom. The number of nitrogens with zero attached hydrogens (tertiary/aromatic N) is 4. The lowest BCUT2D eigenvalue weighted by atomic mass is 10.2. The van der Waals surface area contributed by atoms with Crippen molar-refractivity contribution in [3.8, 4) is 5.69 Å². The number of rotatable bonds is 3. The molecule has 1 aromatic heterocycles. The number of aryl methyl sites for hydroxylation is 1. The Balaban J connectivity index is 2.79. The molecule has 0 spiro atoms. The Morgan fingerprint density at radius 3 is 2.29 bits per heavy atom. The second-order valence-corrected chi connectivity index (χ2v) is 6.47. The van der Waals surface area contributed by atoms with Crippen LogP contribution in [0.15, 0.2) is 17.0 Å². The van der Waals surface area contributed by atoms with E-state index in [-0.39, 0.29) is 11.5 Å². The molecule has 1 heterocycles. The first kappa shape index (κ1) is 18.1. The highest BCUT2D eigenvalue weighted by molar-refractivity contribution is 7.85. The fourth-order valence-electron chi connectivity index (χ4n) is 1.96. The summed E-state index contributed by atoms with van der Waals surface area (Å²) in [7, 11) is -1.98. The molecule has 0 aliphatic heterocycles. The number of benzene rings is 1. The molecule has 0 amide bonds. The maximum absolute atomic E-state index is 14.2. The van der Waals surface area contributed by atoms with Crippen molar-refractivity contribution in [2.45, 2.75) is 18.0 Å². The Labute approximate surface area is 134 Å². The van der Waals surface area contributed by atoms with Crippen LogP contribution in [-0.4, -0.2) is 41.8 Å². The minimum atomic E-state index is -4.87. The number of aromatic nitrogens is 3. The van der Waals surface area contributed by atoms with Gasteiger partial charge in [-0.1, -0.05) is 0 Å². The third kappa shape index (κ3) is 3.33. The molecule has 2 rings (SSSR count). The molecule has 1 aromatic carbocycles. The van der Waals surface area contributed by atoms with Gasteiger partial charge >= 0.3 is 6.18 Å². The van der Waals surface area contributed by atoms with Gasteiger partial charge in [-0.05, 0) is 24.6 Å². The molecule has 0 atom stereocenters. The first-order valence-electron chi connectivity index (χ1n) is 6.32. The van der Waals surface area contributed by atoms with Gasteiger partial charge in [0.25, 0.3) is 15.9 Å². The highest BCUT2D eigenvalue weighted by atomic mass is 32.2. The van der Waals surface area contributed by atoms with Crippen molar-refractivity contribution in [2.75, 3.05) is 19.0 Å². The van der Waals surface area contributed by atoms with Crippen LogP contribution in [0.5, 0.6) is 0 Å². The minimum absolute atomic E-state index is 0.110. The van der Waals surface area contributed by atoms with Crippen LogP contribution in [0.25, 0.3) is 5.69 Å². The van der Waals surface area contributed by atoms with Gasteiger partial charge in [-0.2, -0.15) is 31.3 Å². The van der Waals surface area contributed by atoms with Gasteiger partial charge in [0.2, 0.25) is 5.95 Å². The van der Waals surface area contributed by atoms with Crippen molar-refractivity contribution in [1.82, 2.24) is 14.8 Å². The zero-order chi connectivity index (χ0) is 18.4. The number of anilines is 1. The molecule has 0 saturated heterocycles. The zero-order valence-corrected chi connectivity index (χ0v) is 13.4. The van der Waals surface area contributed by atoms with Crippen molar-refractivity contribution >= 4 is 16.1 Å². The summed E-state index contributed by atoms with van der Waals surface area (Å²) in [6.45, 7) is 1.23. The smallest absolute Gasteiger partial charge is 0.347 e. The molecular formula is C12H12F4N4O3S. The molecule has 0 aliphatic rings. The average molecular weight is 368 g/mol. The SMILES string of the molecule is Cc1cc(F)c(-n2nc(C(F)(F)F)nc2N(C)C)cc1S(=O)(=O)O. The van der Waals surface area contributed by atoms with Crippen LogP contribution in [0.3, 0.4) is 0 Å². The molecule has 0 radical (unpaired) electrons. The highest BCUT2D eigenvalue weighted by Crippen LogP contribution is 2.31. The van der Waals surface area contributed by atoms with E-state index < -0.39 is 38.5 Å². The number of hydrogen-bond donors (Lipinski definition) is 1. The standard InChI is InChI=1S/C12H12F4N4O3S/c1-6-4-7(13)8(5-9(6)24(21,22)23)20-11(19(2)3)17-10(18-20)12(14,15)16/h4-5H,1-3H3,(H,21,22,23). The van der Waals surface area contributed by atoms with E-state index in [1.54, 1.807) is 0 Å². The number of alkyl halides is 3. The maximum Gasteiger partial charge on any atom is 0.453 e. The van der Waals surface area contributed by atoms with Gasteiger partial charge in [0.05, 0.1) is 4.90 Å². The Morgan fingerprint density at radius 1 is 1.25 bits per heavy atom. The van der Waals surface area contributed by atoms with E-state index >= 15 is 0 Å². The lowest BCUT2D eigenvalue weighted by molar-refractivity contribution is -0.144. The molecule has 0 fully saturated rings. The molecular weight excluding hydrogens is 356 g/mol. The summed E-state index contributed by atoms with van der Waals surface area (Å²) in [4.78, 5) is 3.79. The van der Waals surface area contributed by atoms with E-state index in [1.807, 2.05) is 0 Å². The lowest BCUT2D eigenvalue weighted by Crippen LogP contribution is -2.16. The van der Waals surface area contributed by atoms with Crippen LogP contribution >= 0.6 is 0 Å². The molecule has 24 heavy (non-hydrogen) atoms. The predicted octanol–water partition coefficient (Wildman–Crippen LogP) is 2.05. The maximum atomic E-state index is 14.2. The fourth-order valence-corrected chi connectivity index (χ4v) is 2.68. The van der Waals surface area contributed by atoms with Gasteiger partial charge in [-0.3, -0.25) is 4.55 Å². The van der Waals surface area contributed by atoms with Crippen LogP contribution in [0.2, 0.25) is 0 Å². The minimum Gasteiger partial charge on any atom is -0.347 e.